The van der Waals surface area contributed by atoms with E-state index >= 15 is 4.79 Å². The van der Waals surface area contributed by atoms with Crippen LogP contribution in [0, 0.1) is 56.7 Å². The van der Waals surface area contributed by atoms with E-state index in [9.17, 15) is 71.5 Å². The number of hydrogen-bond acceptors (Lipinski definition) is 23. The van der Waals surface area contributed by atoms with Crippen LogP contribution in [0.5, 0.6) is 0 Å². The summed E-state index contributed by atoms with van der Waals surface area (Å²) >= 11 is 0. The number of carbonyl (C=O) groups excluding carboxylic acids is 1. The Bertz CT molecular complexity index is 2060. The molecule has 14 N–H and O–H groups in total. The number of aliphatic hydroxyl groups excluding tert-OH is 14. The van der Waals surface area contributed by atoms with Crippen LogP contribution in [0.3, 0.4) is 0 Å². The Morgan fingerprint density at radius 3 is 1.76 bits per heavy atom. The molecule has 9 aliphatic rings. The van der Waals surface area contributed by atoms with Gasteiger partial charge in [-0.25, -0.2) is 0 Å². The first kappa shape index (κ1) is 59.0. The van der Waals surface area contributed by atoms with Crippen LogP contribution >= 0.6 is 0 Å². The summed E-state index contributed by atoms with van der Waals surface area (Å²) in [6.45, 7) is 16.1. The molecule has 9 fully saturated rings. The van der Waals surface area contributed by atoms with Crippen LogP contribution in [0.1, 0.15) is 106 Å². The van der Waals surface area contributed by atoms with Crippen molar-refractivity contribution in [3.05, 3.63) is 12.2 Å². The fourth-order valence-electron chi connectivity index (χ4n) is 17.1. The summed E-state index contributed by atoms with van der Waals surface area (Å²) in [5, 5.41) is 148. The zero-order valence-corrected chi connectivity index (χ0v) is 44.3. The molecule has 5 saturated carbocycles. The lowest BCUT2D eigenvalue weighted by atomic mass is 9.32. The molecule has 436 valence electrons. The molecule has 0 amide bonds. The van der Waals surface area contributed by atoms with Gasteiger partial charge in [0.2, 0.25) is 6.29 Å². The van der Waals surface area contributed by atoms with Gasteiger partial charge in [0.05, 0.1) is 31.3 Å². The summed E-state index contributed by atoms with van der Waals surface area (Å²) in [6.07, 6.45) is -26.7. The molecule has 23 nitrogen and oxygen atoms in total. The minimum Gasteiger partial charge on any atom is -0.432 e. The van der Waals surface area contributed by atoms with Crippen LogP contribution in [-0.2, 0) is 42.7 Å². The summed E-state index contributed by atoms with van der Waals surface area (Å²) in [7, 11) is 0. The molecule has 23 heteroatoms. The van der Waals surface area contributed by atoms with E-state index < -0.39 is 154 Å². The van der Waals surface area contributed by atoms with Crippen molar-refractivity contribution in [3.63, 3.8) is 0 Å². The van der Waals surface area contributed by atoms with Crippen LogP contribution in [0.2, 0.25) is 0 Å². The minimum absolute atomic E-state index is 0.0136. The number of ether oxygens (including phenoxy) is 8. The fourth-order valence-corrected chi connectivity index (χ4v) is 17.1. The van der Waals surface area contributed by atoms with Crippen molar-refractivity contribution in [1.82, 2.24) is 0 Å². The van der Waals surface area contributed by atoms with Crippen molar-refractivity contribution in [1.29, 1.82) is 0 Å². The van der Waals surface area contributed by atoms with Crippen LogP contribution in [0.15, 0.2) is 12.2 Å². The average molecular weight is 1090 g/mol. The summed E-state index contributed by atoms with van der Waals surface area (Å²) in [5.41, 5.74) is -0.881. The number of rotatable bonds is 12. The highest BCUT2D eigenvalue weighted by Crippen LogP contribution is 2.78. The third kappa shape index (κ3) is 9.37. The Kier molecular flexibility index (Phi) is 16.8. The van der Waals surface area contributed by atoms with Crippen LogP contribution < -0.4 is 0 Å². The molecule has 0 bridgehead atoms. The molecule has 30 atom stereocenters. The molecule has 0 aromatic rings. The molecule has 0 spiro atoms. The molecule has 4 saturated heterocycles. The van der Waals surface area contributed by atoms with Crippen LogP contribution in [-0.4, -0.2) is 226 Å². The molecule has 4 heterocycles. The molecule has 9 rings (SSSR count). The summed E-state index contributed by atoms with van der Waals surface area (Å²) in [4.78, 5) is 15.1. The van der Waals surface area contributed by atoms with E-state index in [1.807, 2.05) is 6.92 Å². The van der Waals surface area contributed by atoms with Crippen molar-refractivity contribution >= 4 is 5.97 Å². The quantitative estimate of drug-likeness (QED) is 0.0559. The smallest absolute Gasteiger partial charge is 0.314 e. The van der Waals surface area contributed by atoms with Gasteiger partial charge in [-0.15, -0.1) is 0 Å². The fraction of sp³-hybridized carbons (Fsp3) is 0.943. The summed E-state index contributed by atoms with van der Waals surface area (Å²) in [6, 6.07) is 0. The van der Waals surface area contributed by atoms with Gasteiger partial charge in [-0.3, -0.25) is 4.79 Å². The van der Waals surface area contributed by atoms with Crippen LogP contribution in [0.4, 0.5) is 0 Å². The van der Waals surface area contributed by atoms with Gasteiger partial charge in [0, 0.05) is 0 Å². The molecular weight excluding hydrogens is 1000 g/mol. The number of aliphatic hydroxyl groups is 14. The second kappa shape index (κ2) is 21.6. The maximum absolute atomic E-state index is 15.1. The number of carbonyl (C=O) groups is 1. The van der Waals surface area contributed by atoms with Crippen molar-refractivity contribution in [2.45, 2.75) is 235 Å². The molecule has 0 aromatic carbocycles. The van der Waals surface area contributed by atoms with E-state index in [1.54, 1.807) is 0 Å². The molecule has 0 unspecified atom stereocenters. The van der Waals surface area contributed by atoms with E-state index in [4.69, 9.17) is 37.9 Å². The molecule has 4 aliphatic heterocycles. The summed E-state index contributed by atoms with van der Waals surface area (Å²) < 4.78 is 46.5. The van der Waals surface area contributed by atoms with E-state index in [1.165, 1.54) is 0 Å². The third-order valence-electron chi connectivity index (χ3n) is 21.5. The van der Waals surface area contributed by atoms with Crippen molar-refractivity contribution in [2.75, 3.05) is 19.8 Å². The standard InChI is InChI=1S/C53H86O23/c1-21(2)22-10-15-53(48(68)76-46-39(64)34(59)32(57)26(72-46)20-69-44-41(66)36(61)42(25(19-55)71-44)74-47-40(65)35(60)37(62)43(67)75-47)17-16-51(6)23(30(22)53)8-9-28-50(5)13-12-29(49(3,4)27(50)11-14-52(28,51)7)73-45-38(63)33(58)31(56)24(18-54)70-45/h22-47,54-67H,1,8-20H2,2-7H3/t22-,23+,24+,25+,26+,27-,28+,29+,30+,31+,32+,33-,34-,35+,36+,37+,38+,39+,40+,41+,42+,43+,44+,45-,46-,47+,50-,51+,52+,53-/m0/s1. The number of esters is 1. The topological polar surface area (TPSA) is 374 Å². The van der Waals surface area contributed by atoms with Gasteiger partial charge in [-0.1, -0.05) is 46.8 Å². The lowest BCUT2D eigenvalue weighted by Gasteiger charge is -2.73. The van der Waals surface area contributed by atoms with Gasteiger partial charge < -0.3 is 109 Å². The second-order valence-electron chi connectivity index (χ2n) is 25.5. The van der Waals surface area contributed by atoms with Gasteiger partial charge in [0.1, 0.15) is 91.6 Å². The van der Waals surface area contributed by atoms with E-state index in [0.717, 1.165) is 44.1 Å². The van der Waals surface area contributed by atoms with Gasteiger partial charge >= 0.3 is 5.97 Å². The third-order valence-corrected chi connectivity index (χ3v) is 21.5. The Morgan fingerprint density at radius 2 is 1.12 bits per heavy atom. The molecule has 5 aliphatic carbocycles. The molecule has 76 heavy (non-hydrogen) atoms. The number of hydrogen-bond donors (Lipinski definition) is 14. The lowest BCUT2D eigenvalue weighted by Crippen LogP contribution is -2.68. The first-order chi connectivity index (χ1) is 35.6. The van der Waals surface area contributed by atoms with E-state index in [-0.39, 0.29) is 51.4 Å². The monoisotopic (exact) mass is 1090 g/mol. The SMILES string of the molecule is C=C(C)[C@@H]1CC[C@]2(C(=O)O[C@@H]3O[C@H](CO[C@@H]4O[C@H](CO)[C@@H](O[C@@H]5O[C@@H](O)[C@H](O)[C@@H](O)[C@H]5O)[C@H](O)[C@H]4O)[C@@H](O)[C@H](O)[C@H]3O)CC[C@]3(C)[C@H](CC[C@@H]4[C@@]5(C)CC[C@@H](O[C@@H]6O[C@H](CO)[C@@H](O)[C@H](O)[C@H]6O)C(C)(C)[C@@H]5CC[C@]43C)[C@@H]12. The van der Waals surface area contributed by atoms with Gasteiger partial charge in [-0.2, -0.15) is 0 Å². The van der Waals surface area contributed by atoms with Crippen molar-refractivity contribution < 1.29 is 114 Å². The predicted octanol–water partition coefficient (Wildman–Crippen LogP) is -2.22. The summed E-state index contributed by atoms with van der Waals surface area (Å²) in [5.74, 6) is -0.162. The zero-order chi connectivity index (χ0) is 55.5. The van der Waals surface area contributed by atoms with Gasteiger partial charge in [0.25, 0.3) is 0 Å². The molecular formula is C53H86O23. The van der Waals surface area contributed by atoms with Gasteiger partial charge in [0.15, 0.2) is 25.2 Å². The maximum Gasteiger partial charge on any atom is 0.314 e. The maximum atomic E-state index is 15.1. The second-order valence-corrected chi connectivity index (χ2v) is 25.5. The predicted molar refractivity (Wildman–Crippen MR) is 258 cm³/mol. The largest absolute Gasteiger partial charge is 0.432 e. The number of allylic oxidation sites excluding steroid dienone is 1. The lowest BCUT2D eigenvalue weighted by molar-refractivity contribution is -0.380. The van der Waals surface area contributed by atoms with E-state index in [0.29, 0.717) is 31.6 Å². The van der Waals surface area contributed by atoms with Crippen molar-refractivity contribution in [2.24, 2.45) is 56.7 Å². The Balaban J connectivity index is 0.879. The normalized spacial score (nSPS) is 55.1. The first-order valence-corrected chi connectivity index (χ1v) is 27.4. The van der Waals surface area contributed by atoms with Crippen molar-refractivity contribution in [3.8, 4) is 0 Å². The molecule has 0 radical (unpaired) electrons. The zero-order valence-electron chi connectivity index (χ0n) is 44.3. The Labute approximate surface area is 442 Å². The highest BCUT2D eigenvalue weighted by atomic mass is 16.8. The highest BCUT2D eigenvalue weighted by Gasteiger charge is 2.73. The first-order valence-electron chi connectivity index (χ1n) is 27.4. The highest BCUT2D eigenvalue weighted by molar-refractivity contribution is 5.78. The van der Waals surface area contributed by atoms with Gasteiger partial charge in [-0.05, 0) is 122 Å². The average Bonchev–Trinajstić information content (AvgIpc) is 3.95. The minimum atomic E-state index is -1.99. The molecule has 0 aromatic heterocycles. The van der Waals surface area contributed by atoms with Crippen LogP contribution in [0.25, 0.3) is 0 Å². The Hall–Kier alpha value is -1.63. The van der Waals surface area contributed by atoms with E-state index in [2.05, 4.69) is 41.2 Å². The number of fused-ring (bicyclic) bond motifs is 7. The Morgan fingerprint density at radius 1 is 0.539 bits per heavy atom.